The van der Waals surface area contributed by atoms with E-state index in [9.17, 15) is 31.5 Å². The van der Waals surface area contributed by atoms with Crippen LogP contribution in [-0.4, -0.2) is 62.5 Å². The molecule has 1 aromatic heterocycles. The minimum absolute atomic E-state index is 0.0347. The number of hydrogen-bond acceptors (Lipinski definition) is 7. The molecule has 1 atom stereocenters. The number of rotatable bonds is 11. The first-order valence-corrected chi connectivity index (χ1v) is 17.0. The van der Waals surface area contributed by atoms with Crippen LogP contribution in [0, 0.1) is 16.7 Å². The van der Waals surface area contributed by atoms with Crippen molar-refractivity contribution in [1.29, 1.82) is 5.26 Å². The molecule has 0 bridgehead atoms. The number of nitrogens with one attached hydrogen (secondary N) is 1. The quantitative estimate of drug-likeness (QED) is 0.0887. The third kappa shape index (κ3) is 9.14. The molecule has 1 saturated carbocycles. The summed E-state index contributed by atoms with van der Waals surface area (Å²) in [7, 11) is 0. The largest absolute Gasteiger partial charge is 0.447 e. The van der Waals surface area contributed by atoms with Gasteiger partial charge in [-0.2, -0.15) is 23.5 Å². The van der Waals surface area contributed by atoms with Gasteiger partial charge in [0.25, 0.3) is 12.3 Å². The Morgan fingerprint density at radius 1 is 1.07 bits per heavy atom. The van der Waals surface area contributed by atoms with E-state index in [-0.39, 0.29) is 52.6 Å². The van der Waals surface area contributed by atoms with Gasteiger partial charge < -0.3 is 15.8 Å². The molecular formula is C37H36ClF5N8O3. The van der Waals surface area contributed by atoms with Crippen molar-refractivity contribution >= 4 is 29.6 Å². The van der Waals surface area contributed by atoms with E-state index >= 15 is 0 Å². The Morgan fingerprint density at radius 2 is 1.70 bits per heavy atom. The summed E-state index contributed by atoms with van der Waals surface area (Å²) in [5.74, 6) is -1.78. The number of hydrogen-bond donors (Lipinski definition) is 2. The summed E-state index contributed by atoms with van der Waals surface area (Å²) in [5.41, 5.74) is 6.04. The van der Waals surface area contributed by atoms with Crippen LogP contribution in [0.3, 0.4) is 0 Å². The normalized spacial score (nSPS) is 14.6. The number of guanidine groups is 1. The van der Waals surface area contributed by atoms with Crippen molar-refractivity contribution in [3.05, 3.63) is 101 Å². The van der Waals surface area contributed by atoms with Crippen LogP contribution in [0.4, 0.5) is 26.7 Å². The Hall–Kier alpha value is -5.56. The number of nitrogens with zero attached hydrogens (tertiary/aromatic N) is 6. The minimum Gasteiger partial charge on any atom is -0.447 e. The molecule has 1 aliphatic carbocycles. The number of carbonyl (C=O) groups is 2. The number of alkyl halides is 5. The van der Waals surface area contributed by atoms with Crippen molar-refractivity contribution in [1.82, 2.24) is 25.0 Å². The van der Waals surface area contributed by atoms with E-state index in [1.54, 1.807) is 36.4 Å². The zero-order valence-corrected chi connectivity index (χ0v) is 30.1. The van der Waals surface area contributed by atoms with Gasteiger partial charge in [0, 0.05) is 12.1 Å². The van der Waals surface area contributed by atoms with Crippen LogP contribution in [0.1, 0.15) is 79.8 Å². The maximum Gasteiger partial charge on any atom is 0.411 e. The summed E-state index contributed by atoms with van der Waals surface area (Å²) < 4.78 is 74.9. The van der Waals surface area contributed by atoms with Gasteiger partial charge >= 0.3 is 12.3 Å². The topological polar surface area (TPSA) is 152 Å². The minimum atomic E-state index is -4.73. The summed E-state index contributed by atoms with van der Waals surface area (Å²) in [6, 6.07) is 17.9. The molecule has 0 saturated heterocycles. The maximum atomic E-state index is 14.5. The first-order chi connectivity index (χ1) is 25.4. The molecule has 4 aromatic rings. The Kier molecular flexibility index (Phi) is 11.6. The maximum absolute atomic E-state index is 14.5. The molecule has 0 unspecified atom stereocenters. The van der Waals surface area contributed by atoms with E-state index in [1.165, 1.54) is 30.3 Å². The Morgan fingerprint density at radius 3 is 2.26 bits per heavy atom. The van der Waals surface area contributed by atoms with Crippen molar-refractivity contribution in [2.75, 3.05) is 13.2 Å². The molecule has 0 aliphatic heterocycles. The molecule has 0 spiro atoms. The van der Waals surface area contributed by atoms with E-state index in [0.717, 1.165) is 27.0 Å². The van der Waals surface area contributed by atoms with E-state index in [0.29, 0.717) is 12.0 Å². The first-order valence-electron chi connectivity index (χ1n) is 16.7. The molecule has 17 heteroatoms. The molecule has 3 N–H and O–H groups in total. The molecular weight excluding hydrogens is 735 g/mol. The number of ether oxygens (including phenoxy) is 1. The molecule has 11 nitrogen and oxygen atoms in total. The lowest BCUT2D eigenvalue weighted by molar-refractivity contribution is -0.164. The van der Waals surface area contributed by atoms with Gasteiger partial charge in [0.1, 0.15) is 18.5 Å². The van der Waals surface area contributed by atoms with Crippen molar-refractivity contribution in [2.24, 2.45) is 16.1 Å². The third-order valence-corrected chi connectivity index (χ3v) is 9.07. The third-order valence-electron chi connectivity index (χ3n) is 8.75. The summed E-state index contributed by atoms with van der Waals surface area (Å²) in [6.07, 6.45) is -8.40. The Bertz CT molecular complexity index is 2050. The van der Waals surface area contributed by atoms with Crippen LogP contribution in [0.2, 0.25) is 5.02 Å². The van der Waals surface area contributed by atoms with Crippen LogP contribution < -0.4 is 11.1 Å². The number of aliphatic imine (C=N–C) groups is 1. The average molecular weight is 771 g/mol. The van der Waals surface area contributed by atoms with Crippen molar-refractivity contribution in [2.45, 2.75) is 64.2 Å². The van der Waals surface area contributed by atoms with Gasteiger partial charge in [0.15, 0.2) is 11.8 Å². The van der Waals surface area contributed by atoms with Crippen LogP contribution in [0.25, 0.3) is 16.8 Å². The fraction of sp³-hybridized carbons (Fsp3) is 0.351. The lowest BCUT2D eigenvalue weighted by Crippen LogP contribution is -2.49. The fourth-order valence-electron chi connectivity index (χ4n) is 5.46. The molecule has 2 amide bonds. The molecule has 1 fully saturated rings. The van der Waals surface area contributed by atoms with E-state index in [1.807, 2.05) is 26.1 Å². The predicted octanol–water partition coefficient (Wildman–Crippen LogP) is 8.15. The number of aromatic nitrogens is 3. The van der Waals surface area contributed by atoms with E-state index in [4.69, 9.17) is 27.3 Å². The van der Waals surface area contributed by atoms with E-state index in [2.05, 4.69) is 21.1 Å². The van der Waals surface area contributed by atoms with Crippen LogP contribution in [-0.2, 0) is 4.74 Å². The second-order valence-electron chi connectivity index (χ2n) is 13.9. The number of nitrogens with two attached hydrogens (primary N) is 1. The van der Waals surface area contributed by atoms with Crippen molar-refractivity contribution in [3.63, 3.8) is 0 Å². The highest BCUT2D eigenvalue weighted by molar-refractivity contribution is 6.32. The fourth-order valence-corrected chi connectivity index (χ4v) is 5.66. The van der Waals surface area contributed by atoms with Gasteiger partial charge in [-0.25, -0.2) is 23.2 Å². The standard InChI is InChI=1S/C37H36ClF5N8O3/c1-35(2,3)16-17-46-33(45)50(32(52)25-10-8-24(9-11-25)23-6-4-22(19-44)5-7-23)29(20-54-34(53)49-36(14-15-36)37(41,42)43)26-12-13-27(38)28(18-26)51-31(30(39)40)47-21-48-51/h4-13,18,21,29-30H,14-17,20H2,1-3H3,(H2,45,46)(H,49,53)/t29-/m1/s1. The zero-order valence-electron chi connectivity index (χ0n) is 29.4. The second kappa shape index (κ2) is 15.8. The lowest BCUT2D eigenvalue weighted by Gasteiger charge is -2.32. The van der Waals surface area contributed by atoms with E-state index < -0.39 is 48.6 Å². The molecule has 0 radical (unpaired) electrons. The lowest BCUT2D eigenvalue weighted by atomic mass is 9.92. The Balaban J connectivity index is 1.58. The van der Waals surface area contributed by atoms with Crippen LogP contribution in [0.15, 0.2) is 78.0 Å². The zero-order chi connectivity index (χ0) is 39.4. The molecule has 1 heterocycles. The highest BCUT2D eigenvalue weighted by Gasteiger charge is 2.64. The molecule has 54 heavy (non-hydrogen) atoms. The SMILES string of the molecule is CC(C)(C)CCN=C(N)N(C(=O)c1ccc(-c2ccc(C#N)cc2)cc1)[C@H](COC(=O)NC1(C(F)(F)F)CC1)c1ccc(Cl)c(-n2ncnc2C(F)F)c1. The smallest absolute Gasteiger partial charge is 0.411 e. The monoisotopic (exact) mass is 770 g/mol. The number of benzene rings is 3. The highest BCUT2D eigenvalue weighted by Crippen LogP contribution is 2.49. The van der Waals surface area contributed by atoms with Gasteiger partial charge in [-0.3, -0.25) is 14.7 Å². The number of alkyl carbamates (subject to hydrolysis) is 1. The van der Waals surface area contributed by atoms with Gasteiger partial charge in [0.2, 0.25) is 0 Å². The first kappa shape index (κ1) is 39.6. The van der Waals surface area contributed by atoms with Gasteiger partial charge in [-0.15, -0.1) is 0 Å². The van der Waals surface area contributed by atoms with Crippen molar-refractivity contribution in [3.8, 4) is 22.9 Å². The predicted molar refractivity (Wildman–Crippen MR) is 190 cm³/mol. The summed E-state index contributed by atoms with van der Waals surface area (Å²) >= 11 is 6.43. The summed E-state index contributed by atoms with van der Waals surface area (Å²) in [6.45, 7) is 5.36. The molecule has 3 aromatic carbocycles. The van der Waals surface area contributed by atoms with Crippen LogP contribution >= 0.6 is 11.6 Å². The van der Waals surface area contributed by atoms with Crippen molar-refractivity contribution < 1.29 is 36.3 Å². The molecule has 284 valence electrons. The number of nitriles is 1. The van der Waals surface area contributed by atoms with Crippen LogP contribution in [0.5, 0.6) is 0 Å². The summed E-state index contributed by atoms with van der Waals surface area (Å²) in [4.78, 5) is 36.5. The second-order valence-corrected chi connectivity index (χ2v) is 14.3. The highest BCUT2D eigenvalue weighted by atomic mass is 35.5. The number of halogens is 6. The average Bonchev–Trinajstić information content (AvgIpc) is 3.75. The van der Waals surface area contributed by atoms with Gasteiger partial charge in [-0.05, 0) is 77.8 Å². The molecule has 5 rings (SSSR count). The molecule has 1 aliphatic rings. The van der Waals surface area contributed by atoms with Gasteiger partial charge in [0.05, 0.1) is 28.4 Å². The Labute approximate surface area is 312 Å². The summed E-state index contributed by atoms with van der Waals surface area (Å²) in [5, 5.41) is 14.9. The van der Waals surface area contributed by atoms with Gasteiger partial charge in [-0.1, -0.05) is 62.7 Å². The number of amides is 2. The number of carbonyl (C=O) groups excluding carboxylic acids is 2.